The summed E-state index contributed by atoms with van der Waals surface area (Å²) in [5.41, 5.74) is 0. The molecule has 1 atom stereocenters. The van der Waals surface area contributed by atoms with Gasteiger partial charge in [-0.05, 0) is 12.2 Å². The molecule has 0 spiro atoms. The fourth-order valence-electron chi connectivity index (χ4n) is 1.10. The van der Waals surface area contributed by atoms with Gasteiger partial charge in [-0.2, -0.15) is 0 Å². The monoisotopic (exact) mass is 272 g/mol. The molecule has 19 heavy (non-hydrogen) atoms. The highest BCUT2D eigenvalue weighted by molar-refractivity contribution is 5.23. The molecule has 0 saturated carbocycles. The van der Waals surface area contributed by atoms with Gasteiger partial charge in [-0.25, -0.2) is 0 Å². The van der Waals surface area contributed by atoms with Crippen LogP contribution in [0.1, 0.15) is 41.5 Å². The van der Waals surface area contributed by atoms with E-state index in [1.165, 1.54) is 0 Å². The summed E-state index contributed by atoms with van der Waals surface area (Å²) in [4.78, 5) is 0. The maximum Gasteiger partial charge on any atom is 0.161 e. The second kappa shape index (κ2) is 19.1. The van der Waals surface area contributed by atoms with Crippen LogP contribution in [0, 0.1) is 0 Å². The summed E-state index contributed by atoms with van der Waals surface area (Å²) in [6, 6.07) is 0. The normalized spacial score (nSPS) is 15.8. The average molecular weight is 272 g/mol. The quantitative estimate of drug-likeness (QED) is 0.741. The minimum Gasteiger partial charge on any atom is -0.486 e. The molecule has 114 valence electrons. The molecule has 0 N–H and O–H groups in total. The van der Waals surface area contributed by atoms with Gasteiger partial charge in [0.1, 0.15) is 6.61 Å². The Hall–Kier alpha value is -1.22. The van der Waals surface area contributed by atoms with Crippen LogP contribution in [0.25, 0.3) is 0 Å². The van der Waals surface area contributed by atoms with E-state index in [2.05, 4.69) is 13.2 Å². The molecule has 1 heterocycles. The van der Waals surface area contributed by atoms with Crippen LogP contribution in [0.15, 0.2) is 36.8 Å². The van der Waals surface area contributed by atoms with E-state index in [9.17, 15) is 0 Å². The predicted molar refractivity (Wildman–Crippen MR) is 84.2 cm³/mol. The van der Waals surface area contributed by atoms with Crippen LogP contribution in [0.4, 0.5) is 0 Å². The molecular weight excluding hydrogens is 240 g/mol. The SMILES string of the molecule is C=CC1=C(C=C)OC(COC)CO1.CC.CC.CC. The first-order valence-corrected chi connectivity index (χ1v) is 7.09. The topological polar surface area (TPSA) is 27.7 Å². The minimum absolute atomic E-state index is 0.0540. The first-order valence-electron chi connectivity index (χ1n) is 7.09. The molecular formula is C16H32O3. The van der Waals surface area contributed by atoms with Crippen LogP contribution in [-0.4, -0.2) is 26.4 Å². The molecule has 1 aliphatic heterocycles. The van der Waals surface area contributed by atoms with Crippen LogP contribution < -0.4 is 0 Å². The largest absolute Gasteiger partial charge is 0.486 e. The van der Waals surface area contributed by atoms with Crippen molar-refractivity contribution < 1.29 is 14.2 Å². The number of ether oxygens (including phenoxy) is 3. The Morgan fingerprint density at radius 1 is 1.05 bits per heavy atom. The minimum atomic E-state index is -0.0540. The second-order valence-corrected chi connectivity index (χ2v) is 2.64. The van der Waals surface area contributed by atoms with E-state index in [1.807, 2.05) is 41.5 Å². The first kappa shape index (κ1) is 22.9. The zero-order valence-electron chi connectivity index (χ0n) is 13.8. The average Bonchev–Trinajstić information content (AvgIpc) is 2.53. The maximum atomic E-state index is 5.52. The van der Waals surface area contributed by atoms with Crippen molar-refractivity contribution in [2.75, 3.05) is 20.3 Å². The maximum absolute atomic E-state index is 5.52. The van der Waals surface area contributed by atoms with Crippen molar-refractivity contribution >= 4 is 0 Å². The van der Waals surface area contributed by atoms with Gasteiger partial charge in [-0.1, -0.05) is 54.7 Å². The summed E-state index contributed by atoms with van der Waals surface area (Å²) in [5, 5.41) is 0. The summed E-state index contributed by atoms with van der Waals surface area (Å²) < 4.78 is 15.9. The molecule has 0 bridgehead atoms. The molecule has 1 aliphatic rings. The molecule has 0 aromatic heterocycles. The summed E-state index contributed by atoms with van der Waals surface area (Å²) in [5.74, 6) is 1.27. The Morgan fingerprint density at radius 3 is 1.89 bits per heavy atom. The highest BCUT2D eigenvalue weighted by atomic mass is 16.6. The third kappa shape index (κ3) is 10.4. The Balaban J connectivity index is -0.000000375. The van der Waals surface area contributed by atoms with Crippen molar-refractivity contribution in [1.29, 1.82) is 0 Å². The molecule has 0 fully saturated rings. The van der Waals surface area contributed by atoms with Gasteiger partial charge >= 0.3 is 0 Å². The standard InChI is InChI=1S/C10H14O3.3C2H6/c1-4-9-10(5-2)13-8(6-11-3)7-12-9;3*1-2/h4-5,8H,1-2,6-7H2,3H3;3*1-2H3. The Labute approximate surface area is 119 Å². The number of rotatable bonds is 4. The fraction of sp³-hybridized carbons (Fsp3) is 0.625. The molecule has 0 amide bonds. The third-order valence-corrected chi connectivity index (χ3v) is 1.68. The van der Waals surface area contributed by atoms with Crippen LogP contribution in [0.2, 0.25) is 0 Å². The molecule has 0 aromatic carbocycles. The number of methoxy groups -OCH3 is 1. The molecule has 3 heteroatoms. The fourth-order valence-corrected chi connectivity index (χ4v) is 1.10. The van der Waals surface area contributed by atoms with Gasteiger partial charge in [-0.3, -0.25) is 0 Å². The van der Waals surface area contributed by atoms with E-state index in [0.717, 1.165) is 0 Å². The second-order valence-electron chi connectivity index (χ2n) is 2.64. The van der Waals surface area contributed by atoms with E-state index in [-0.39, 0.29) is 6.10 Å². The van der Waals surface area contributed by atoms with Crippen molar-refractivity contribution in [3.05, 3.63) is 36.8 Å². The molecule has 1 rings (SSSR count). The molecule has 0 aromatic rings. The van der Waals surface area contributed by atoms with Crippen LogP contribution in [0.5, 0.6) is 0 Å². The van der Waals surface area contributed by atoms with Gasteiger partial charge in [0.2, 0.25) is 0 Å². The van der Waals surface area contributed by atoms with Gasteiger partial charge in [0, 0.05) is 7.11 Å². The van der Waals surface area contributed by atoms with Gasteiger partial charge in [0.15, 0.2) is 17.6 Å². The van der Waals surface area contributed by atoms with Gasteiger partial charge in [0.25, 0.3) is 0 Å². The molecule has 1 unspecified atom stereocenters. The smallest absolute Gasteiger partial charge is 0.161 e. The lowest BCUT2D eigenvalue weighted by atomic mass is 10.3. The zero-order chi connectivity index (χ0) is 15.7. The van der Waals surface area contributed by atoms with Crippen LogP contribution in [-0.2, 0) is 14.2 Å². The van der Waals surface area contributed by atoms with Crippen molar-refractivity contribution in [2.24, 2.45) is 0 Å². The zero-order valence-corrected chi connectivity index (χ0v) is 13.8. The van der Waals surface area contributed by atoms with E-state index in [0.29, 0.717) is 24.7 Å². The Kier molecular flexibility index (Phi) is 23.1. The number of hydrogen-bond acceptors (Lipinski definition) is 3. The van der Waals surface area contributed by atoms with Crippen molar-refractivity contribution in [3.63, 3.8) is 0 Å². The molecule has 0 aliphatic carbocycles. The summed E-state index contributed by atoms with van der Waals surface area (Å²) in [6.45, 7) is 20.2. The summed E-state index contributed by atoms with van der Waals surface area (Å²) >= 11 is 0. The third-order valence-electron chi connectivity index (χ3n) is 1.68. The Morgan fingerprint density at radius 2 is 1.53 bits per heavy atom. The first-order chi connectivity index (χ1) is 9.31. The Bertz CT molecular complexity index is 232. The van der Waals surface area contributed by atoms with E-state index >= 15 is 0 Å². The number of hydrogen-bond donors (Lipinski definition) is 0. The molecule has 0 saturated heterocycles. The lowest BCUT2D eigenvalue weighted by molar-refractivity contribution is -0.0318. The van der Waals surface area contributed by atoms with Crippen molar-refractivity contribution in [3.8, 4) is 0 Å². The molecule has 0 radical (unpaired) electrons. The van der Waals surface area contributed by atoms with E-state index in [4.69, 9.17) is 14.2 Å². The predicted octanol–water partition coefficient (Wildman–Crippen LogP) is 4.71. The van der Waals surface area contributed by atoms with Crippen LogP contribution in [0.3, 0.4) is 0 Å². The summed E-state index contributed by atoms with van der Waals surface area (Å²) in [6.07, 6.45) is 3.17. The molecule has 3 nitrogen and oxygen atoms in total. The highest BCUT2D eigenvalue weighted by Gasteiger charge is 2.19. The highest BCUT2D eigenvalue weighted by Crippen LogP contribution is 2.19. The van der Waals surface area contributed by atoms with Crippen LogP contribution >= 0.6 is 0 Å². The van der Waals surface area contributed by atoms with Crippen molar-refractivity contribution in [1.82, 2.24) is 0 Å². The van der Waals surface area contributed by atoms with E-state index < -0.39 is 0 Å². The lowest BCUT2D eigenvalue weighted by Crippen LogP contribution is -2.28. The van der Waals surface area contributed by atoms with Crippen molar-refractivity contribution in [2.45, 2.75) is 47.6 Å². The van der Waals surface area contributed by atoms with Gasteiger partial charge in [-0.15, -0.1) is 0 Å². The lowest BCUT2D eigenvalue weighted by Gasteiger charge is -2.25. The van der Waals surface area contributed by atoms with Gasteiger partial charge < -0.3 is 14.2 Å². The van der Waals surface area contributed by atoms with Gasteiger partial charge in [0.05, 0.1) is 6.61 Å². The van der Waals surface area contributed by atoms with E-state index in [1.54, 1.807) is 19.3 Å². The number of allylic oxidation sites excluding steroid dienone is 2. The summed E-state index contributed by atoms with van der Waals surface area (Å²) in [7, 11) is 1.63.